The number of aromatic nitrogens is 2. The Morgan fingerprint density at radius 2 is 1.91 bits per heavy atom. The predicted octanol–water partition coefficient (Wildman–Crippen LogP) is 4.09. The molecular weight excluding hydrogens is 457 g/mol. The Kier molecular flexibility index (Phi) is 6.19. The standard InChI is InChI=1S/C26H25F3N4O2/c1-14-9-16(30)13-33(12-14)25-15(11-31-26-17(25)7-8-35-26)10-22(34)21-6-5-20(29)24(32-21)23-18(27)3-2-4-19(23)28/h2-6,11,14,16H,7-10,12-13,30H2,1H3/t14-,16+/m1/s1. The van der Waals surface area contributed by atoms with Crippen molar-refractivity contribution in [3.63, 3.8) is 0 Å². The smallest absolute Gasteiger partial charge is 0.218 e. The second kappa shape index (κ2) is 9.30. The molecule has 0 unspecified atom stereocenters. The van der Waals surface area contributed by atoms with Gasteiger partial charge < -0.3 is 15.4 Å². The van der Waals surface area contributed by atoms with Crippen molar-refractivity contribution in [2.75, 3.05) is 24.6 Å². The molecule has 6 nitrogen and oxygen atoms in total. The molecule has 0 saturated carbocycles. The lowest BCUT2D eigenvalue weighted by Gasteiger charge is -2.38. The van der Waals surface area contributed by atoms with Gasteiger partial charge in [-0.15, -0.1) is 0 Å². The third-order valence-electron chi connectivity index (χ3n) is 6.47. The zero-order valence-electron chi connectivity index (χ0n) is 19.2. The number of halogens is 3. The Morgan fingerprint density at radius 3 is 2.66 bits per heavy atom. The number of ether oxygens (including phenoxy) is 1. The molecule has 0 bridgehead atoms. The first-order chi connectivity index (χ1) is 16.8. The molecule has 1 fully saturated rings. The number of hydrogen-bond acceptors (Lipinski definition) is 6. The first-order valence-electron chi connectivity index (χ1n) is 11.6. The molecule has 0 radical (unpaired) electrons. The van der Waals surface area contributed by atoms with Gasteiger partial charge in [0.25, 0.3) is 0 Å². The van der Waals surface area contributed by atoms with Crippen LogP contribution < -0.4 is 15.4 Å². The van der Waals surface area contributed by atoms with Gasteiger partial charge in [-0.1, -0.05) is 13.0 Å². The summed E-state index contributed by atoms with van der Waals surface area (Å²) >= 11 is 0. The van der Waals surface area contributed by atoms with Gasteiger partial charge in [-0.3, -0.25) is 4.79 Å². The van der Waals surface area contributed by atoms with Crippen LogP contribution in [0, 0.1) is 23.4 Å². The number of nitrogens with two attached hydrogens (primary N) is 1. The Bertz CT molecular complexity index is 1270. The minimum absolute atomic E-state index is 0.00502. The van der Waals surface area contributed by atoms with Crippen LogP contribution in [0.4, 0.5) is 18.9 Å². The Balaban J connectivity index is 1.51. The minimum Gasteiger partial charge on any atom is -0.477 e. The van der Waals surface area contributed by atoms with E-state index in [4.69, 9.17) is 10.5 Å². The third-order valence-corrected chi connectivity index (χ3v) is 6.47. The van der Waals surface area contributed by atoms with Crippen LogP contribution in [-0.4, -0.2) is 41.5 Å². The van der Waals surface area contributed by atoms with Crippen molar-refractivity contribution in [1.29, 1.82) is 0 Å². The Labute approximate surface area is 200 Å². The second-order valence-corrected chi connectivity index (χ2v) is 9.24. The summed E-state index contributed by atoms with van der Waals surface area (Å²) in [4.78, 5) is 23.9. The summed E-state index contributed by atoms with van der Waals surface area (Å²) in [6.07, 6.45) is 3.14. The van der Waals surface area contributed by atoms with Gasteiger partial charge in [-0.25, -0.2) is 23.1 Å². The number of nitrogens with zero attached hydrogens (tertiary/aromatic N) is 3. The molecule has 0 aliphatic carbocycles. The number of ketones is 1. The van der Waals surface area contributed by atoms with E-state index < -0.39 is 34.5 Å². The maximum Gasteiger partial charge on any atom is 0.218 e. The average molecular weight is 483 g/mol. The molecule has 9 heteroatoms. The lowest BCUT2D eigenvalue weighted by molar-refractivity contribution is 0.0988. The summed E-state index contributed by atoms with van der Waals surface area (Å²) in [6, 6.07) is 5.45. The average Bonchev–Trinajstić information content (AvgIpc) is 3.28. The Hall–Kier alpha value is -3.46. The van der Waals surface area contributed by atoms with Crippen molar-refractivity contribution in [3.05, 3.63) is 70.8 Å². The predicted molar refractivity (Wildman–Crippen MR) is 125 cm³/mol. The fourth-order valence-electron chi connectivity index (χ4n) is 5.04. The highest BCUT2D eigenvalue weighted by Crippen LogP contribution is 2.37. The Morgan fingerprint density at radius 1 is 1.14 bits per heavy atom. The number of pyridine rings is 2. The summed E-state index contributed by atoms with van der Waals surface area (Å²) in [7, 11) is 0. The van der Waals surface area contributed by atoms with Gasteiger partial charge in [0.15, 0.2) is 5.78 Å². The molecule has 3 aromatic rings. The molecule has 2 aliphatic rings. The van der Waals surface area contributed by atoms with Crippen LogP contribution in [0.1, 0.15) is 35.0 Å². The van der Waals surface area contributed by atoms with E-state index in [9.17, 15) is 18.0 Å². The third kappa shape index (κ3) is 4.48. The molecule has 1 saturated heterocycles. The summed E-state index contributed by atoms with van der Waals surface area (Å²) in [5, 5.41) is 0. The van der Waals surface area contributed by atoms with Crippen LogP contribution >= 0.6 is 0 Å². The van der Waals surface area contributed by atoms with E-state index in [2.05, 4.69) is 21.8 Å². The van der Waals surface area contributed by atoms with Crippen LogP contribution in [0.5, 0.6) is 5.88 Å². The number of carbonyl (C=O) groups excluding carboxylic acids is 1. The first kappa shape index (κ1) is 23.3. The van der Waals surface area contributed by atoms with Gasteiger partial charge in [0.05, 0.1) is 17.9 Å². The largest absolute Gasteiger partial charge is 0.477 e. The molecule has 2 aliphatic heterocycles. The number of Topliss-reactive ketones (excluding diaryl/α,β-unsaturated/α-hetero) is 1. The van der Waals surface area contributed by atoms with Gasteiger partial charge in [0.1, 0.15) is 28.8 Å². The van der Waals surface area contributed by atoms with Crippen molar-refractivity contribution in [3.8, 4) is 17.1 Å². The number of benzene rings is 1. The van der Waals surface area contributed by atoms with E-state index in [1.165, 1.54) is 12.1 Å². The fraction of sp³-hybridized carbons (Fsp3) is 0.346. The fourth-order valence-corrected chi connectivity index (χ4v) is 5.04. The number of fused-ring (bicyclic) bond motifs is 1. The summed E-state index contributed by atoms with van der Waals surface area (Å²) in [6.45, 7) is 4.09. The van der Waals surface area contributed by atoms with E-state index >= 15 is 0 Å². The highest BCUT2D eigenvalue weighted by molar-refractivity contribution is 5.97. The molecule has 2 N–H and O–H groups in total. The van der Waals surface area contributed by atoms with Crippen molar-refractivity contribution in [1.82, 2.24) is 9.97 Å². The van der Waals surface area contributed by atoms with Crippen molar-refractivity contribution in [2.24, 2.45) is 11.7 Å². The van der Waals surface area contributed by atoms with Crippen molar-refractivity contribution in [2.45, 2.75) is 32.2 Å². The summed E-state index contributed by atoms with van der Waals surface area (Å²) < 4.78 is 48.7. The lowest BCUT2D eigenvalue weighted by atomic mass is 9.93. The van der Waals surface area contributed by atoms with Gasteiger partial charge in [-0.2, -0.15) is 0 Å². The topological polar surface area (TPSA) is 81.3 Å². The number of carbonyl (C=O) groups is 1. The van der Waals surface area contributed by atoms with Crippen molar-refractivity contribution >= 4 is 11.5 Å². The number of anilines is 1. The normalized spacial score (nSPS) is 19.4. The molecule has 182 valence electrons. The van der Waals surface area contributed by atoms with E-state index in [1.54, 1.807) is 6.20 Å². The van der Waals surface area contributed by atoms with Crippen LogP contribution in [0.3, 0.4) is 0 Å². The van der Waals surface area contributed by atoms with Gasteiger partial charge >= 0.3 is 0 Å². The zero-order chi connectivity index (χ0) is 24.7. The van der Waals surface area contributed by atoms with Crippen LogP contribution in [0.2, 0.25) is 0 Å². The molecule has 2 aromatic heterocycles. The van der Waals surface area contributed by atoms with Crippen LogP contribution in [-0.2, 0) is 12.8 Å². The van der Waals surface area contributed by atoms with E-state index in [-0.39, 0.29) is 18.2 Å². The van der Waals surface area contributed by atoms with E-state index in [1.807, 2.05) is 0 Å². The summed E-state index contributed by atoms with van der Waals surface area (Å²) in [5.41, 5.74) is 7.58. The van der Waals surface area contributed by atoms with Crippen LogP contribution in [0.15, 0.2) is 36.5 Å². The molecule has 5 rings (SSSR count). The van der Waals surface area contributed by atoms with Gasteiger partial charge in [0.2, 0.25) is 5.88 Å². The molecule has 0 spiro atoms. The van der Waals surface area contributed by atoms with Gasteiger partial charge in [0, 0.05) is 49.3 Å². The molecule has 4 heterocycles. The quantitative estimate of drug-likeness (QED) is 0.552. The number of hydrogen-bond donors (Lipinski definition) is 1. The zero-order valence-corrected chi connectivity index (χ0v) is 19.2. The monoisotopic (exact) mass is 482 g/mol. The molecule has 35 heavy (non-hydrogen) atoms. The highest BCUT2D eigenvalue weighted by Gasteiger charge is 2.30. The lowest BCUT2D eigenvalue weighted by Crippen LogP contribution is -2.47. The molecule has 2 atom stereocenters. The summed E-state index contributed by atoms with van der Waals surface area (Å²) in [5.74, 6) is -2.31. The highest BCUT2D eigenvalue weighted by atomic mass is 19.1. The second-order valence-electron chi connectivity index (χ2n) is 9.24. The molecular formula is C26H25F3N4O2. The van der Waals surface area contributed by atoms with Crippen LogP contribution in [0.25, 0.3) is 11.3 Å². The number of piperidine rings is 1. The molecule has 0 amide bonds. The van der Waals surface area contributed by atoms with E-state index in [0.717, 1.165) is 42.4 Å². The maximum absolute atomic E-state index is 14.5. The first-order valence-corrected chi connectivity index (χ1v) is 11.6. The number of rotatable bonds is 5. The SMILES string of the molecule is C[C@@H]1C[C@H](N)CN(c2c(CC(=O)c3ccc(F)c(-c4c(F)cccc4F)n3)cnc3c2CCO3)C1. The van der Waals surface area contributed by atoms with E-state index in [0.29, 0.717) is 36.9 Å². The van der Waals surface area contributed by atoms with Gasteiger partial charge in [-0.05, 0) is 36.6 Å². The maximum atomic E-state index is 14.5. The molecule has 1 aromatic carbocycles. The minimum atomic E-state index is -0.957. The van der Waals surface area contributed by atoms with Crippen molar-refractivity contribution < 1.29 is 22.7 Å².